The lowest BCUT2D eigenvalue weighted by atomic mass is 10.2. The minimum Gasteiger partial charge on any atom is -0.368 e. The summed E-state index contributed by atoms with van der Waals surface area (Å²) in [7, 11) is 0. The first-order chi connectivity index (χ1) is 8.83. The molecule has 3 rings (SSSR count). The van der Waals surface area contributed by atoms with Crippen molar-refractivity contribution in [1.82, 2.24) is 9.97 Å². The molecule has 0 spiro atoms. The first-order valence-corrected chi connectivity index (χ1v) is 6.19. The second-order valence-corrected chi connectivity index (χ2v) is 4.72. The molecule has 0 saturated carbocycles. The van der Waals surface area contributed by atoms with Crippen molar-refractivity contribution in [3.05, 3.63) is 48.5 Å². The van der Waals surface area contributed by atoms with E-state index in [0.29, 0.717) is 5.17 Å². The smallest absolute Gasteiger partial charge is 0.176 e. The predicted octanol–water partition coefficient (Wildman–Crippen LogP) is 2.46. The molecule has 0 saturated heterocycles. The van der Waals surface area contributed by atoms with Crippen molar-refractivity contribution in [1.29, 1.82) is 0 Å². The second kappa shape index (κ2) is 6.01. The molecule has 2 N–H and O–H groups in total. The molecule has 0 amide bonds. The first-order valence-electron chi connectivity index (χ1n) is 5.37. The molecular formula is C12H11ClN4OS. The third-order valence-corrected chi connectivity index (χ3v) is 3.44. The van der Waals surface area contributed by atoms with E-state index in [0.717, 1.165) is 16.1 Å². The lowest BCUT2D eigenvalue weighted by Gasteiger charge is -2.19. The number of hydrogen-bond donors (Lipinski definition) is 2. The van der Waals surface area contributed by atoms with E-state index in [1.165, 1.54) is 11.8 Å². The Labute approximate surface area is 120 Å². The van der Waals surface area contributed by atoms with Crippen molar-refractivity contribution in [2.24, 2.45) is 4.99 Å². The highest BCUT2D eigenvalue weighted by Gasteiger charge is 2.20. The fraction of sp³-hybridized carbons (Fsp3) is 0.0833. The molecule has 7 heteroatoms. The van der Waals surface area contributed by atoms with Crippen LogP contribution in [0.3, 0.4) is 0 Å². The van der Waals surface area contributed by atoms with Gasteiger partial charge >= 0.3 is 0 Å². The second-order valence-electron chi connectivity index (χ2n) is 3.69. The van der Waals surface area contributed by atoms with E-state index in [-0.39, 0.29) is 12.4 Å². The summed E-state index contributed by atoms with van der Waals surface area (Å²) in [6.45, 7) is 0. The molecule has 0 bridgehead atoms. The number of aromatic nitrogens is 2. The number of anilines is 1. The summed E-state index contributed by atoms with van der Waals surface area (Å²) in [5.41, 5.74) is 1.58. The Morgan fingerprint density at radius 2 is 2.00 bits per heavy atom. The molecule has 5 nitrogen and oxygen atoms in total. The Hall–Kier alpha value is -1.63. The maximum Gasteiger partial charge on any atom is 0.176 e. The van der Waals surface area contributed by atoms with Crippen LogP contribution in [-0.2, 0) is 0 Å². The number of hydrogen-bond acceptors (Lipinski definition) is 6. The Balaban J connectivity index is 0.00000133. The van der Waals surface area contributed by atoms with Gasteiger partial charge in [0.05, 0.1) is 11.9 Å². The Kier molecular flexibility index (Phi) is 4.36. The average molecular weight is 295 g/mol. The number of thioether (sulfide) groups is 1. The molecule has 98 valence electrons. The van der Waals surface area contributed by atoms with Gasteiger partial charge in [-0.1, -0.05) is 11.8 Å². The summed E-state index contributed by atoms with van der Waals surface area (Å²) < 4.78 is 0. The lowest BCUT2D eigenvalue weighted by Crippen LogP contribution is -2.15. The van der Waals surface area contributed by atoms with Gasteiger partial charge in [0, 0.05) is 29.0 Å². The van der Waals surface area contributed by atoms with E-state index in [9.17, 15) is 5.11 Å². The predicted molar refractivity (Wildman–Crippen MR) is 77.6 cm³/mol. The normalized spacial score (nSPS) is 16.9. The van der Waals surface area contributed by atoms with Gasteiger partial charge in [0.15, 0.2) is 11.4 Å². The van der Waals surface area contributed by atoms with Gasteiger partial charge in [0.1, 0.15) is 0 Å². The molecule has 1 aliphatic rings. The van der Waals surface area contributed by atoms with Crippen molar-refractivity contribution >= 4 is 35.0 Å². The summed E-state index contributed by atoms with van der Waals surface area (Å²) in [6, 6.07) is 5.60. The van der Waals surface area contributed by atoms with Crippen LogP contribution < -0.4 is 5.32 Å². The van der Waals surface area contributed by atoms with Gasteiger partial charge in [0.2, 0.25) is 0 Å². The summed E-state index contributed by atoms with van der Waals surface area (Å²) in [6.07, 6.45) is 5.88. The third-order valence-electron chi connectivity index (χ3n) is 2.45. The Morgan fingerprint density at radius 1 is 1.16 bits per heavy atom. The first kappa shape index (κ1) is 13.8. The number of nitrogens with zero attached hydrogens (tertiary/aromatic N) is 3. The van der Waals surface area contributed by atoms with Crippen LogP contribution in [0.5, 0.6) is 0 Å². The van der Waals surface area contributed by atoms with Gasteiger partial charge in [-0.2, -0.15) is 0 Å². The van der Waals surface area contributed by atoms with E-state index < -0.39 is 6.23 Å². The molecule has 3 heterocycles. The fourth-order valence-electron chi connectivity index (χ4n) is 1.61. The number of amidine groups is 1. The van der Waals surface area contributed by atoms with Crippen LogP contribution in [-0.4, -0.2) is 20.2 Å². The van der Waals surface area contributed by atoms with Gasteiger partial charge in [-0.15, -0.1) is 12.4 Å². The van der Waals surface area contributed by atoms with E-state index in [1.807, 2.05) is 18.2 Å². The van der Waals surface area contributed by atoms with Gasteiger partial charge in [-0.3, -0.25) is 9.97 Å². The highest BCUT2D eigenvalue weighted by molar-refractivity contribution is 8.14. The number of halogens is 1. The maximum atomic E-state index is 9.91. The number of aliphatic imine (C=N–C) groups is 1. The summed E-state index contributed by atoms with van der Waals surface area (Å²) in [5.74, 6) is 0. The molecule has 0 aromatic carbocycles. The molecule has 1 atom stereocenters. The van der Waals surface area contributed by atoms with Crippen LogP contribution in [0.1, 0.15) is 11.8 Å². The number of aliphatic hydroxyl groups is 1. The molecule has 1 aliphatic heterocycles. The lowest BCUT2D eigenvalue weighted by molar-refractivity contribution is 0.185. The fourth-order valence-corrected chi connectivity index (χ4v) is 2.54. The van der Waals surface area contributed by atoms with Crippen molar-refractivity contribution in [2.45, 2.75) is 11.1 Å². The summed E-state index contributed by atoms with van der Waals surface area (Å²) in [5, 5.41) is 13.7. The van der Waals surface area contributed by atoms with E-state index in [4.69, 9.17) is 0 Å². The molecular weight excluding hydrogens is 284 g/mol. The van der Waals surface area contributed by atoms with Crippen molar-refractivity contribution in [2.75, 3.05) is 5.32 Å². The molecule has 2 aromatic rings. The van der Waals surface area contributed by atoms with E-state index in [1.54, 1.807) is 24.8 Å². The highest BCUT2D eigenvalue weighted by Crippen LogP contribution is 2.34. The molecule has 0 fully saturated rings. The van der Waals surface area contributed by atoms with Crippen molar-refractivity contribution in [3.63, 3.8) is 0 Å². The molecule has 19 heavy (non-hydrogen) atoms. The number of nitrogens with one attached hydrogen (secondary N) is 1. The van der Waals surface area contributed by atoms with E-state index in [2.05, 4.69) is 20.3 Å². The van der Waals surface area contributed by atoms with Gasteiger partial charge < -0.3 is 10.4 Å². The zero-order valence-corrected chi connectivity index (χ0v) is 11.4. The van der Waals surface area contributed by atoms with Crippen molar-refractivity contribution in [3.8, 4) is 0 Å². The molecule has 1 unspecified atom stereocenters. The van der Waals surface area contributed by atoms with Crippen LogP contribution in [0.2, 0.25) is 0 Å². The maximum absolute atomic E-state index is 9.91. The van der Waals surface area contributed by atoms with Gasteiger partial charge in [0.25, 0.3) is 0 Å². The zero-order valence-electron chi connectivity index (χ0n) is 9.72. The van der Waals surface area contributed by atoms with Crippen LogP contribution in [0, 0.1) is 0 Å². The Bertz CT molecular complexity index is 593. The largest absolute Gasteiger partial charge is 0.368 e. The van der Waals surface area contributed by atoms with Crippen molar-refractivity contribution < 1.29 is 5.11 Å². The SMILES string of the molecule is Cl.OC1N=C(Nc2cccnc2)Sc2ccncc21. The average Bonchev–Trinajstić information content (AvgIpc) is 2.40. The molecule has 0 radical (unpaired) electrons. The van der Waals surface area contributed by atoms with Crippen LogP contribution in [0.4, 0.5) is 5.69 Å². The zero-order chi connectivity index (χ0) is 12.4. The Morgan fingerprint density at radius 3 is 2.79 bits per heavy atom. The van der Waals surface area contributed by atoms with E-state index >= 15 is 0 Å². The standard InChI is InChI=1S/C12H10N4OS.ClH/c17-11-9-7-14-5-3-10(9)18-12(16-11)15-8-2-1-4-13-6-8;/h1-7,11,17H,(H,15,16);1H. The topological polar surface area (TPSA) is 70.4 Å². The quantitative estimate of drug-likeness (QED) is 0.845. The van der Waals surface area contributed by atoms with Crippen LogP contribution >= 0.6 is 24.2 Å². The molecule has 2 aromatic heterocycles. The minimum atomic E-state index is -0.867. The third kappa shape index (κ3) is 3.04. The summed E-state index contributed by atoms with van der Waals surface area (Å²) >= 11 is 1.47. The summed E-state index contributed by atoms with van der Waals surface area (Å²) in [4.78, 5) is 13.1. The van der Waals surface area contributed by atoms with Gasteiger partial charge in [-0.05, 0) is 18.2 Å². The van der Waals surface area contributed by atoms with Gasteiger partial charge in [-0.25, -0.2) is 4.99 Å². The number of pyridine rings is 2. The number of aliphatic hydroxyl groups excluding tert-OH is 1. The molecule has 0 aliphatic carbocycles. The van der Waals surface area contributed by atoms with Crippen LogP contribution in [0.25, 0.3) is 0 Å². The highest BCUT2D eigenvalue weighted by atomic mass is 35.5. The monoisotopic (exact) mass is 294 g/mol. The minimum absolute atomic E-state index is 0. The number of rotatable bonds is 1. The number of fused-ring (bicyclic) bond motifs is 1. The van der Waals surface area contributed by atoms with Crippen LogP contribution in [0.15, 0.2) is 52.9 Å².